The minimum absolute atomic E-state index is 0.0476. The molecule has 24 heavy (non-hydrogen) atoms. The Morgan fingerprint density at radius 3 is 2.71 bits per heavy atom. The van der Waals surface area contributed by atoms with Gasteiger partial charge >= 0.3 is 5.97 Å². The molecule has 1 aliphatic rings. The van der Waals surface area contributed by atoms with Crippen molar-refractivity contribution in [1.82, 2.24) is 9.97 Å². The summed E-state index contributed by atoms with van der Waals surface area (Å²) in [5.41, 5.74) is 1.29. The number of hydrogen-bond donors (Lipinski definition) is 1. The molecular formula is C17H16ClN3O3. The minimum Gasteiger partial charge on any atom is -0.481 e. The molecule has 1 unspecified atom stereocenters. The number of carbonyl (C=O) groups excluding carboxylic acids is 1. The van der Waals surface area contributed by atoms with E-state index in [0.717, 1.165) is 0 Å². The van der Waals surface area contributed by atoms with Crippen LogP contribution in [0.2, 0.25) is 5.02 Å². The lowest BCUT2D eigenvalue weighted by Gasteiger charge is -2.18. The lowest BCUT2D eigenvalue weighted by atomic mass is 10.0. The summed E-state index contributed by atoms with van der Waals surface area (Å²) in [6.45, 7) is 3.90. The average molecular weight is 346 g/mol. The van der Waals surface area contributed by atoms with Crippen LogP contribution < -0.4 is 4.90 Å². The van der Waals surface area contributed by atoms with E-state index in [4.69, 9.17) is 11.6 Å². The number of hydrogen-bond acceptors (Lipinski definition) is 4. The number of halogens is 1. The normalized spacial score (nSPS) is 16.3. The highest BCUT2D eigenvalue weighted by molar-refractivity contribution is 6.34. The molecule has 0 fully saturated rings. The third-order valence-electron chi connectivity index (χ3n) is 3.99. The fourth-order valence-electron chi connectivity index (χ4n) is 2.75. The number of carbonyl (C=O) groups is 2. The van der Waals surface area contributed by atoms with Crippen molar-refractivity contribution in [2.45, 2.75) is 25.7 Å². The van der Waals surface area contributed by atoms with Gasteiger partial charge in [0.05, 0.1) is 11.2 Å². The molecule has 6 nitrogen and oxygen atoms in total. The van der Waals surface area contributed by atoms with Crippen LogP contribution in [0, 0.1) is 0 Å². The first kappa shape index (κ1) is 16.4. The summed E-state index contributed by atoms with van der Waals surface area (Å²) >= 11 is 6.11. The van der Waals surface area contributed by atoms with Crippen molar-refractivity contribution in [2.75, 3.05) is 11.4 Å². The van der Waals surface area contributed by atoms with E-state index in [2.05, 4.69) is 9.97 Å². The summed E-state index contributed by atoms with van der Waals surface area (Å²) < 4.78 is 0. The number of anilines is 1. The Bertz CT molecular complexity index is 822. The zero-order chi connectivity index (χ0) is 17.4. The molecule has 1 amide bonds. The van der Waals surface area contributed by atoms with Crippen LogP contribution in [-0.4, -0.2) is 33.5 Å². The molecule has 1 aromatic carbocycles. The number of rotatable bonds is 3. The Morgan fingerprint density at radius 2 is 2.04 bits per heavy atom. The van der Waals surface area contributed by atoms with E-state index in [0.29, 0.717) is 17.1 Å². The summed E-state index contributed by atoms with van der Waals surface area (Å²) in [4.78, 5) is 34.2. The summed E-state index contributed by atoms with van der Waals surface area (Å²) in [5.74, 6) is -1.57. The second kappa shape index (κ2) is 6.20. The van der Waals surface area contributed by atoms with Crippen molar-refractivity contribution in [3.05, 3.63) is 52.6 Å². The molecule has 3 rings (SSSR count). The van der Waals surface area contributed by atoms with Crippen LogP contribution in [0.4, 0.5) is 5.69 Å². The Morgan fingerprint density at radius 1 is 1.33 bits per heavy atom. The smallest absolute Gasteiger partial charge is 0.312 e. The van der Waals surface area contributed by atoms with Gasteiger partial charge in [0, 0.05) is 18.2 Å². The first-order valence-corrected chi connectivity index (χ1v) is 7.94. The lowest BCUT2D eigenvalue weighted by molar-refractivity contribution is -0.138. The maximum absolute atomic E-state index is 12.9. The number of carboxylic acids is 1. The van der Waals surface area contributed by atoms with Gasteiger partial charge in [-0.3, -0.25) is 9.59 Å². The quantitative estimate of drug-likeness (QED) is 0.924. The number of aromatic nitrogens is 2. The number of aliphatic carboxylic acids is 1. The summed E-state index contributed by atoms with van der Waals surface area (Å²) in [7, 11) is 0. The topological polar surface area (TPSA) is 83.4 Å². The fraction of sp³-hybridized carbons (Fsp3) is 0.294. The zero-order valence-electron chi connectivity index (χ0n) is 13.2. The van der Waals surface area contributed by atoms with Crippen molar-refractivity contribution < 1.29 is 14.7 Å². The molecule has 1 atom stereocenters. The standard InChI is InChI=1S/C17H16ClN3O3/c1-9(2)15-19-7-12(18)14(20-15)16(22)21-8-11(17(23)24)10-5-3-4-6-13(10)21/h3-7,9,11H,8H2,1-2H3,(H,23,24). The number of amides is 1. The molecule has 0 saturated carbocycles. The van der Waals surface area contributed by atoms with E-state index in [1.165, 1.54) is 11.1 Å². The van der Waals surface area contributed by atoms with Gasteiger partial charge in [0.15, 0.2) is 5.69 Å². The minimum atomic E-state index is -0.964. The second-order valence-electron chi connectivity index (χ2n) is 5.94. The highest BCUT2D eigenvalue weighted by atomic mass is 35.5. The Labute approximate surface area is 144 Å². The van der Waals surface area contributed by atoms with Crippen LogP contribution in [0.3, 0.4) is 0 Å². The predicted octanol–water partition coefficient (Wildman–Crippen LogP) is 3.08. The fourth-order valence-corrected chi connectivity index (χ4v) is 2.92. The largest absolute Gasteiger partial charge is 0.481 e. The third kappa shape index (κ3) is 2.73. The van der Waals surface area contributed by atoms with E-state index in [-0.39, 0.29) is 23.2 Å². The molecular weight excluding hydrogens is 330 g/mol. The van der Waals surface area contributed by atoms with Crippen LogP contribution in [0.15, 0.2) is 30.5 Å². The van der Waals surface area contributed by atoms with Gasteiger partial charge in [-0.1, -0.05) is 43.6 Å². The van der Waals surface area contributed by atoms with Gasteiger partial charge in [-0.25, -0.2) is 9.97 Å². The van der Waals surface area contributed by atoms with Gasteiger partial charge in [-0.15, -0.1) is 0 Å². The second-order valence-corrected chi connectivity index (χ2v) is 6.35. The number of fused-ring (bicyclic) bond motifs is 1. The van der Waals surface area contributed by atoms with Gasteiger partial charge in [0.25, 0.3) is 5.91 Å². The van der Waals surface area contributed by atoms with Gasteiger partial charge in [0.2, 0.25) is 0 Å². The lowest BCUT2D eigenvalue weighted by Crippen LogP contribution is -2.32. The first-order valence-electron chi connectivity index (χ1n) is 7.56. The molecule has 1 aliphatic heterocycles. The van der Waals surface area contributed by atoms with Crippen LogP contribution in [0.5, 0.6) is 0 Å². The van der Waals surface area contributed by atoms with Gasteiger partial charge in [-0.2, -0.15) is 0 Å². The van der Waals surface area contributed by atoms with E-state index < -0.39 is 17.8 Å². The molecule has 0 saturated heterocycles. The average Bonchev–Trinajstić information content (AvgIpc) is 2.94. The highest BCUT2D eigenvalue weighted by Gasteiger charge is 2.37. The van der Waals surface area contributed by atoms with E-state index in [9.17, 15) is 14.7 Å². The Balaban J connectivity index is 2.03. The predicted molar refractivity (Wildman–Crippen MR) is 89.6 cm³/mol. The Kier molecular flexibility index (Phi) is 4.24. The van der Waals surface area contributed by atoms with Crippen molar-refractivity contribution in [1.29, 1.82) is 0 Å². The number of carboxylic acid groups (broad SMARTS) is 1. The molecule has 2 aromatic rings. The number of para-hydroxylation sites is 1. The summed E-state index contributed by atoms with van der Waals surface area (Å²) in [5, 5.41) is 9.57. The van der Waals surface area contributed by atoms with Crippen molar-refractivity contribution in [3.8, 4) is 0 Å². The molecule has 1 N–H and O–H groups in total. The molecule has 0 radical (unpaired) electrons. The summed E-state index contributed by atoms with van der Waals surface area (Å²) in [6.07, 6.45) is 1.41. The van der Waals surface area contributed by atoms with Gasteiger partial charge in [-0.05, 0) is 11.6 Å². The molecule has 1 aromatic heterocycles. The van der Waals surface area contributed by atoms with Crippen LogP contribution in [0.1, 0.15) is 47.6 Å². The third-order valence-corrected chi connectivity index (χ3v) is 4.27. The highest BCUT2D eigenvalue weighted by Crippen LogP contribution is 2.37. The summed E-state index contributed by atoms with van der Waals surface area (Å²) in [6, 6.07) is 6.99. The van der Waals surface area contributed by atoms with Gasteiger partial charge in [0.1, 0.15) is 11.7 Å². The number of benzene rings is 1. The van der Waals surface area contributed by atoms with E-state index in [1.807, 2.05) is 13.8 Å². The number of nitrogens with zero attached hydrogens (tertiary/aromatic N) is 3. The molecule has 124 valence electrons. The van der Waals surface area contributed by atoms with Crippen LogP contribution in [-0.2, 0) is 4.79 Å². The maximum atomic E-state index is 12.9. The van der Waals surface area contributed by atoms with E-state index in [1.54, 1.807) is 24.3 Å². The molecule has 0 spiro atoms. The molecule has 2 heterocycles. The first-order chi connectivity index (χ1) is 11.4. The van der Waals surface area contributed by atoms with Crippen molar-refractivity contribution in [2.24, 2.45) is 0 Å². The van der Waals surface area contributed by atoms with Gasteiger partial charge < -0.3 is 10.0 Å². The SMILES string of the molecule is CC(C)c1ncc(Cl)c(C(=O)N2CC(C(=O)O)c3ccccc32)n1. The monoisotopic (exact) mass is 345 g/mol. The zero-order valence-corrected chi connectivity index (χ0v) is 14.0. The van der Waals surface area contributed by atoms with E-state index >= 15 is 0 Å². The molecule has 7 heteroatoms. The Hall–Kier alpha value is -2.47. The van der Waals surface area contributed by atoms with Crippen molar-refractivity contribution >= 4 is 29.2 Å². The molecule has 0 bridgehead atoms. The maximum Gasteiger partial charge on any atom is 0.312 e. The van der Waals surface area contributed by atoms with Crippen LogP contribution >= 0.6 is 11.6 Å². The molecule has 0 aliphatic carbocycles. The van der Waals surface area contributed by atoms with Crippen LogP contribution in [0.25, 0.3) is 0 Å². The van der Waals surface area contributed by atoms with Crippen molar-refractivity contribution in [3.63, 3.8) is 0 Å².